The molecule has 1 fully saturated rings. The molecule has 1 saturated carbocycles. The Morgan fingerprint density at radius 1 is 1.28 bits per heavy atom. The van der Waals surface area contributed by atoms with Crippen LogP contribution in [0.5, 0.6) is 0 Å². The highest BCUT2D eigenvalue weighted by molar-refractivity contribution is 6.05. The number of aromatic nitrogens is 1. The summed E-state index contributed by atoms with van der Waals surface area (Å²) in [7, 11) is 0. The maximum Gasteiger partial charge on any atom is 0.270 e. The maximum absolute atomic E-state index is 12.2. The smallest absolute Gasteiger partial charge is 0.270 e. The largest absolute Gasteiger partial charge is 0.348 e. The van der Waals surface area contributed by atoms with Crippen molar-refractivity contribution in [2.75, 3.05) is 0 Å². The van der Waals surface area contributed by atoms with Gasteiger partial charge in [-0.05, 0) is 24.3 Å². The first-order valence-electron chi connectivity index (χ1n) is 6.14. The van der Waals surface area contributed by atoms with Gasteiger partial charge in [0.25, 0.3) is 5.91 Å². The van der Waals surface area contributed by atoms with Crippen molar-refractivity contribution in [1.29, 1.82) is 0 Å². The van der Waals surface area contributed by atoms with E-state index in [0.717, 1.165) is 23.6 Å². The Bertz CT molecular complexity index is 585. The van der Waals surface area contributed by atoms with Gasteiger partial charge in [-0.25, -0.2) is 0 Å². The average Bonchev–Trinajstić information content (AvgIpc) is 2.36. The highest BCUT2D eigenvalue weighted by Crippen LogP contribution is 2.20. The lowest BCUT2D eigenvalue weighted by molar-refractivity contribution is 0.0907. The first-order chi connectivity index (χ1) is 8.74. The molecule has 1 aliphatic carbocycles. The minimum Gasteiger partial charge on any atom is -0.348 e. The van der Waals surface area contributed by atoms with Gasteiger partial charge in [-0.3, -0.25) is 9.78 Å². The number of carbonyl (C=O) groups excluding carboxylic acids is 1. The second-order valence-electron chi connectivity index (χ2n) is 4.78. The SMILES string of the molecule is NC1CC(NC(=O)c2nccc3ccccc23)C1. The Morgan fingerprint density at radius 2 is 2.06 bits per heavy atom. The molecule has 1 aliphatic rings. The van der Waals surface area contributed by atoms with Gasteiger partial charge in [0.15, 0.2) is 0 Å². The van der Waals surface area contributed by atoms with Crippen LogP contribution in [0.2, 0.25) is 0 Å². The Hall–Kier alpha value is -1.94. The van der Waals surface area contributed by atoms with Gasteiger partial charge in [0.2, 0.25) is 0 Å². The van der Waals surface area contributed by atoms with Crippen molar-refractivity contribution in [3.05, 3.63) is 42.2 Å². The van der Waals surface area contributed by atoms with Crippen LogP contribution in [-0.4, -0.2) is 23.0 Å². The number of pyridine rings is 1. The van der Waals surface area contributed by atoms with Crippen LogP contribution in [0.25, 0.3) is 10.8 Å². The van der Waals surface area contributed by atoms with Crippen LogP contribution in [0.15, 0.2) is 36.5 Å². The number of hydrogen-bond acceptors (Lipinski definition) is 3. The van der Waals surface area contributed by atoms with Gasteiger partial charge in [-0.15, -0.1) is 0 Å². The van der Waals surface area contributed by atoms with Gasteiger partial charge < -0.3 is 11.1 Å². The molecule has 0 radical (unpaired) electrons. The number of hydrogen-bond donors (Lipinski definition) is 2. The summed E-state index contributed by atoms with van der Waals surface area (Å²) in [6, 6.07) is 10.1. The van der Waals surface area contributed by atoms with E-state index in [1.54, 1.807) is 6.20 Å². The molecule has 1 aromatic heterocycles. The van der Waals surface area contributed by atoms with E-state index >= 15 is 0 Å². The van der Waals surface area contributed by atoms with Crippen molar-refractivity contribution >= 4 is 16.7 Å². The molecule has 4 heteroatoms. The lowest BCUT2D eigenvalue weighted by Gasteiger charge is -2.32. The molecule has 4 nitrogen and oxygen atoms in total. The Balaban J connectivity index is 1.87. The van der Waals surface area contributed by atoms with Crippen LogP contribution < -0.4 is 11.1 Å². The Labute approximate surface area is 105 Å². The number of carbonyl (C=O) groups is 1. The summed E-state index contributed by atoms with van der Waals surface area (Å²) in [4.78, 5) is 16.3. The van der Waals surface area contributed by atoms with E-state index < -0.39 is 0 Å². The molecule has 1 amide bonds. The van der Waals surface area contributed by atoms with Gasteiger partial charge in [-0.1, -0.05) is 24.3 Å². The van der Waals surface area contributed by atoms with Crippen molar-refractivity contribution in [2.24, 2.45) is 5.73 Å². The second-order valence-corrected chi connectivity index (χ2v) is 4.78. The standard InChI is InChI=1S/C14H15N3O/c15-10-7-11(8-10)17-14(18)13-12-4-2-1-3-9(12)5-6-16-13/h1-6,10-11H,7-8,15H2,(H,17,18). The normalized spacial score (nSPS) is 22.5. The van der Waals surface area contributed by atoms with E-state index in [9.17, 15) is 4.79 Å². The number of nitrogens with two attached hydrogens (primary N) is 1. The summed E-state index contributed by atoms with van der Waals surface area (Å²) in [6.45, 7) is 0. The van der Waals surface area contributed by atoms with E-state index in [4.69, 9.17) is 5.73 Å². The predicted octanol–water partition coefficient (Wildman–Crippen LogP) is 1.45. The van der Waals surface area contributed by atoms with Crippen LogP contribution in [0.4, 0.5) is 0 Å². The van der Waals surface area contributed by atoms with Gasteiger partial charge in [0, 0.05) is 23.7 Å². The number of benzene rings is 1. The fraction of sp³-hybridized carbons (Fsp3) is 0.286. The third-order valence-corrected chi connectivity index (χ3v) is 3.40. The van der Waals surface area contributed by atoms with E-state index in [1.807, 2.05) is 30.3 Å². The highest BCUT2D eigenvalue weighted by atomic mass is 16.1. The number of nitrogens with one attached hydrogen (secondary N) is 1. The van der Waals surface area contributed by atoms with Crippen LogP contribution >= 0.6 is 0 Å². The molecule has 0 atom stereocenters. The van der Waals surface area contributed by atoms with Gasteiger partial charge in [-0.2, -0.15) is 0 Å². The fourth-order valence-electron chi connectivity index (χ4n) is 2.33. The number of fused-ring (bicyclic) bond motifs is 1. The maximum atomic E-state index is 12.2. The minimum absolute atomic E-state index is 0.108. The molecule has 2 aromatic rings. The summed E-state index contributed by atoms with van der Waals surface area (Å²) >= 11 is 0. The van der Waals surface area contributed by atoms with E-state index in [1.165, 1.54) is 0 Å². The molecule has 0 aliphatic heterocycles. The average molecular weight is 241 g/mol. The first kappa shape index (κ1) is 11.2. The van der Waals surface area contributed by atoms with Crippen LogP contribution in [-0.2, 0) is 0 Å². The fourth-order valence-corrected chi connectivity index (χ4v) is 2.33. The quantitative estimate of drug-likeness (QED) is 0.836. The zero-order valence-corrected chi connectivity index (χ0v) is 9.97. The minimum atomic E-state index is -0.108. The molecule has 0 unspecified atom stereocenters. The number of nitrogens with zero attached hydrogens (tertiary/aromatic N) is 1. The molecular formula is C14H15N3O. The lowest BCUT2D eigenvalue weighted by Crippen LogP contribution is -2.50. The summed E-state index contributed by atoms with van der Waals surface area (Å²) in [5.41, 5.74) is 6.20. The first-order valence-corrected chi connectivity index (χ1v) is 6.14. The van der Waals surface area contributed by atoms with Crippen molar-refractivity contribution in [3.8, 4) is 0 Å². The molecule has 0 saturated heterocycles. The molecular weight excluding hydrogens is 226 g/mol. The molecule has 3 rings (SSSR count). The van der Waals surface area contributed by atoms with E-state index in [0.29, 0.717) is 5.69 Å². The van der Waals surface area contributed by atoms with Crippen molar-refractivity contribution in [3.63, 3.8) is 0 Å². The molecule has 1 aromatic carbocycles. The van der Waals surface area contributed by atoms with Crippen molar-refractivity contribution in [2.45, 2.75) is 24.9 Å². The van der Waals surface area contributed by atoms with Gasteiger partial charge in [0.1, 0.15) is 5.69 Å². The molecule has 0 spiro atoms. The number of rotatable bonds is 2. The summed E-state index contributed by atoms with van der Waals surface area (Å²) < 4.78 is 0. The van der Waals surface area contributed by atoms with Crippen LogP contribution in [0.3, 0.4) is 0 Å². The predicted molar refractivity (Wildman–Crippen MR) is 70.2 cm³/mol. The zero-order valence-electron chi connectivity index (χ0n) is 9.97. The molecule has 1 heterocycles. The molecule has 92 valence electrons. The summed E-state index contributed by atoms with van der Waals surface area (Å²) in [5, 5.41) is 4.89. The highest BCUT2D eigenvalue weighted by Gasteiger charge is 2.28. The van der Waals surface area contributed by atoms with Crippen molar-refractivity contribution < 1.29 is 4.79 Å². The lowest BCUT2D eigenvalue weighted by atomic mass is 9.87. The monoisotopic (exact) mass is 241 g/mol. The van der Waals surface area contributed by atoms with Gasteiger partial charge in [0.05, 0.1) is 0 Å². The molecule has 3 N–H and O–H groups in total. The topological polar surface area (TPSA) is 68.0 Å². The Kier molecular flexibility index (Phi) is 2.72. The van der Waals surface area contributed by atoms with Crippen molar-refractivity contribution in [1.82, 2.24) is 10.3 Å². The van der Waals surface area contributed by atoms with Crippen LogP contribution in [0.1, 0.15) is 23.3 Å². The molecule has 18 heavy (non-hydrogen) atoms. The zero-order chi connectivity index (χ0) is 12.5. The summed E-state index contributed by atoms with van der Waals surface area (Å²) in [5.74, 6) is -0.108. The third kappa shape index (κ3) is 1.95. The summed E-state index contributed by atoms with van der Waals surface area (Å²) in [6.07, 6.45) is 3.39. The number of amides is 1. The third-order valence-electron chi connectivity index (χ3n) is 3.40. The van der Waals surface area contributed by atoms with E-state index in [-0.39, 0.29) is 18.0 Å². The van der Waals surface area contributed by atoms with Crippen LogP contribution in [0, 0.1) is 0 Å². The molecule has 0 bridgehead atoms. The second kappa shape index (κ2) is 4.38. The Morgan fingerprint density at radius 3 is 2.83 bits per heavy atom. The van der Waals surface area contributed by atoms with Gasteiger partial charge >= 0.3 is 0 Å². The van der Waals surface area contributed by atoms with E-state index in [2.05, 4.69) is 10.3 Å².